The zero-order valence-electron chi connectivity index (χ0n) is 10.9. The molecule has 3 unspecified atom stereocenters. The van der Waals surface area contributed by atoms with Crippen LogP contribution in [0.4, 0.5) is 13.2 Å². The van der Waals surface area contributed by atoms with Gasteiger partial charge in [-0.3, -0.25) is 0 Å². The van der Waals surface area contributed by atoms with Crippen LogP contribution in [0.3, 0.4) is 0 Å². The number of carbonyl (C=O) groups is 1. The Bertz CT molecular complexity index is 317. The minimum Gasteiger partial charge on any atom is -0.460 e. The number of hydrogen-bond acceptors (Lipinski definition) is 4. The van der Waals surface area contributed by atoms with Crippen LogP contribution in [0.1, 0.15) is 33.1 Å². The first-order chi connectivity index (χ1) is 8.62. The first-order valence-electron chi connectivity index (χ1n) is 6.26. The number of aliphatic hydroxyl groups excluding tert-OH is 2. The molecule has 1 fully saturated rings. The summed E-state index contributed by atoms with van der Waals surface area (Å²) in [6.45, 7) is 3.90. The van der Waals surface area contributed by atoms with Gasteiger partial charge in [-0.25, -0.2) is 4.79 Å². The summed E-state index contributed by atoms with van der Waals surface area (Å²) in [5, 5.41) is 18.6. The smallest absolute Gasteiger partial charge is 0.425 e. The van der Waals surface area contributed by atoms with E-state index >= 15 is 0 Å². The van der Waals surface area contributed by atoms with E-state index in [1.807, 2.05) is 13.8 Å². The van der Waals surface area contributed by atoms with Crippen LogP contribution in [0.25, 0.3) is 0 Å². The molecule has 0 radical (unpaired) electrons. The molecule has 1 aliphatic carbocycles. The zero-order valence-corrected chi connectivity index (χ0v) is 10.9. The molecule has 19 heavy (non-hydrogen) atoms. The lowest BCUT2D eigenvalue weighted by molar-refractivity contribution is -0.222. The van der Waals surface area contributed by atoms with Crippen molar-refractivity contribution in [3.63, 3.8) is 0 Å². The highest BCUT2D eigenvalue weighted by Gasteiger charge is 2.46. The molecule has 112 valence electrons. The van der Waals surface area contributed by atoms with Crippen molar-refractivity contribution >= 4 is 5.97 Å². The van der Waals surface area contributed by atoms with Gasteiger partial charge in [0.1, 0.15) is 6.10 Å². The fourth-order valence-electron chi connectivity index (χ4n) is 2.38. The standard InChI is InChI=1S/C12H19F3O4/c1-6(2)8-4-3-7(5-9(8)16)19-11(18)10(17)12(13,14)15/h6-10,16-17H,3-5H2,1-2H3/t7?,8?,9?,10-/m0/s1. The third-order valence-electron chi connectivity index (χ3n) is 3.49. The third kappa shape index (κ3) is 4.35. The molecular formula is C12H19F3O4. The number of hydrogen-bond donors (Lipinski definition) is 2. The molecule has 4 atom stereocenters. The highest BCUT2D eigenvalue weighted by molar-refractivity contribution is 5.75. The van der Waals surface area contributed by atoms with Crippen LogP contribution < -0.4 is 0 Å². The molecule has 1 aliphatic rings. The van der Waals surface area contributed by atoms with Crippen molar-refractivity contribution in [2.45, 2.75) is 57.6 Å². The number of esters is 1. The Balaban J connectivity index is 2.50. The van der Waals surface area contributed by atoms with Gasteiger partial charge < -0.3 is 14.9 Å². The average molecular weight is 284 g/mol. The summed E-state index contributed by atoms with van der Waals surface area (Å²) in [5.41, 5.74) is 0. The molecule has 1 saturated carbocycles. The van der Waals surface area contributed by atoms with Crippen LogP contribution >= 0.6 is 0 Å². The fraction of sp³-hybridized carbons (Fsp3) is 0.917. The summed E-state index contributed by atoms with van der Waals surface area (Å²) in [4.78, 5) is 11.1. The van der Waals surface area contributed by atoms with E-state index in [2.05, 4.69) is 4.74 Å². The van der Waals surface area contributed by atoms with E-state index in [-0.39, 0.29) is 18.3 Å². The topological polar surface area (TPSA) is 66.8 Å². The van der Waals surface area contributed by atoms with Gasteiger partial charge in [0.15, 0.2) is 0 Å². The van der Waals surface area contributed by atoms with Gasteiger partial charge in [-0.2, -0.15) is 13.2 Å². The van der Waals surface area contributed by atoms with Gasteiger partial charge in [-0.15, -0.1) is 0 Å². The number of aliphatic hydroxyl groups is 2. The van der Waals surface area contributed by atoms with E-state index in [9.17, 15) is 23.1 Å². The first-order valence-corrected chi connectivity index (χ1v) is 6.26. The van der Waals surface area contributed by atoms with E-state index in [1.165, 1.54) is 0 Å². The van der Waals surface area contributed by atoms with Crippen molar-refractivity contribution in [2.24, 2.45) is 11.8 Å². The van der Waals surface area contributed by atoms with Crippen LogP contribution in [-0.4, -0.2) is 40.7 Å². The molecule has 4 nitrogen and oxygen atoms in total. The quantitative estimate of drug-likeness (QED) is 0.773. The summed E-state index contributed by atoms with van der Waals surface area (Å²) in [6.07, 6.45) is -8.52. The number of rotatable bonds is 3. The van der Waals surface area contributed by atoms with Gasteiger partial charge in [0.05, 0.1) is 6.10 Å². The average Bonchev–Trinajstić information content (AvgIpc) is 2.26. The number of alkyl halides is 3. The molecule has 0 aromatic carbocycles. The molecule has 2 N–H and O–H groups in total. The maximum absolute atomic E-state index is 12.1. The summed E-state index contributed by atoms with van der Waals surface area (Å²) in [5.74, 6) is -1.39. The Morgan fingerprint density at radius 1 is 1.32 bits per heavy atom. The second kappa shape index (κ2) is 6.09. The summed E-state index contributed by atoms with van der Waals surface area (Å²) in [6, 6.07) is 0. The van der Waals surface area contributed by atoms with Crippen LogP contribution in [0, 0.1) is 11.8 Å². The molecule has 0 bridgehead atoms. The monoisotopic (exact) mass is 284 g/mol. The lowest BCUT2D eigenvalue weighted by Gasteiger charge is -2.35. The molecule has 0 aliphatic heterocycles. The Hall–Kier alpha value is -0.820. The van der Waals surface area contributed by atoms with Crippen LogP contribution in [-0.2, 0) is 9.53 Å². The van der Waals surface area contributed by atoms with Crippen LogP contribution in [0.5, 0.6) is 0 Å². The zero-order chi connectivity index (χ0) is 14.8. The minimum absolute atomic E-state index is 0.0579. The molecule has 0 amide bonds. The van der Waals surface area contributed by atoms with Gasteiger partial charge in [0.25, 0.3) is 0 Å². The number of halogens is 3. The highest BCUT2D eigenvalue weighted by atomic mass is 19.4. The van der Waals surface area contributed by atoms with Crippen molar-refractivity contribution in [1.29, 1.82) is 0 Å². The number of ether oxygens (including phenoxy) is 1. The SMILES string of the molecule is CC(C)C1CCC(OC(=O)[C@H](O)C(F)(F)F)CC1O. The molecule has 0 saturated heterocycles. The lowest BCUT2D eigenvalue weighted by atomic mass is 9.78. The molecule has 0 aromatic rings. The van der Waals surface area contributed by atoms with Crippen LogP contribution in [0.15, 0.2) is 0 Å². The molecule has 0 spiro atoms. The Morgan fingerprint density at radius 2 is 1.89 bits per heavy atom. The predicted molar refractivity (Wildman–Crippen MR) is 60.1 cm³/mol. The van der Waals surface area contributed by atoms with Gasteiger partial charge in [0, 0.05) is 6.42 Å². The number of carbonyl (C=O) groups excluding carboxylic acids is 1. The van der Waals surface area contributed by atoms with E-state index in [4.69, 9.17) is 5.11 Å². The summed E-state index contributed by atoms with van der Waals surface area (Å²) < 4.78 is 40.9. The third-order valence-corrected chi connectivity index (χ3v) is 3.49. The van der Waals surface area contributed by atoms with Crippen molar-refractivity contribution in [3.05, 3.63) is 0 Å². The normalized spacial score (nSPS) is 30.2. The second-order valence-corrected chi connectivity index (χ2v) is 5.29. The molecular weight excluding hydrogens is 265 g/mol. The van der Waals surface area contributed by atoms with Gasteiger partial charge in [-0.05, 0) is 24.7 Å². The van der Waals surface area contributed by atoms with Crippen LogP contribution in [0.2, 0.25) is 0 Å². The van der Waals surface area contributed by atoms with Crippen molar-refractivity contribution < 1.29 is 32.9 Å². The highest BCUT2D eigenvalue weighted by Crippen LogP contribution is 2.32. The first kappa shape index (κ1) is 16.2. The Kier molecular flexibility index (Phi) is 5.20. The Morgan fingerprint density at radius 3 is 2.32 bits per heavy atom. The second-order valence-electron chi connectivity index (χ2n) is 5.29. The van der Waals surface area contributed by atoms with Crippen molar-refractivity contribution in [2.75, 3.05) is 0 Å². The molecule has 0 aromatic heterocycles. The van der Waals surface area contributed by atoms with E-state index in [0.29, 0.717) is 12.8 Å². The molecule has 7 heteroatoms. The van der Waals surface area contributed by atoms with Crippen molar-refractivity contribution in [1.82, 2.24) is 0 Å². The fourth-order valence-corrected chi connectivity index (χ4v) is 2.38. The summed E-state index contributed by atoms with van der Waals surface area (Å²) >= 11 is 0. The summed E-state index contributed by atoms with van der Waals surface area (Å²) in [7, 11) is 0. The van der Waals surface area contributed by atoms with Gasteiger partial charge >= 0.3 is 12.1 Å². The van der Waals surface area contributed by atoms with E-state index < -0.39 is 30.5 Å². The molecule has 0 heterocycles. The largest absolute Gasteiger partial charge is 0.460 e. The predicted octanol–water partition coefficient (Wildman–Crippen LogP) is 1.64. The van der Waals surface area contributed by atoms with Gasteiger partial charge in [-0.1, -0.05) is 13.8 Å². The van der Waals surface area contributed by atoms with Gasteiger partial charge in [0.2, 0.25) is 6.10 Å². The van der Waals surface area contributed by atoms with E-state index in [1.54, 1.807) is 0 Å². The Labute approximate surface area is 109 Å². The van der Waals surface area contributed by atoms with E-state index in [0.717, 1.165) is 0 Å². The van der Waals surface area contributed by atoms with Crippen molar-refractivity contribution in [3.8, 4) is 0 Å². The maximum atomic E-state index is 12.1. The minimum atomic E-state index is -5.02. The maximum Gasteiger partial charge on any atom is 0.425 e. The lowest BCUT2D eigenvalue weighted by Crippen LogP contribution is -2.42. The molecule has 1 rings (SSSR count).